The average molecular weight is 356 g/mol. The van der Waals surface area contributed by atoms with Crippen molar-refractivity contribution in [2.75, 3.05) is 32.7 Å². The monoisotopic (exact) mass is 356 g/mol. The van der Waals surface area contributed by atoms with Gasteiger partial charge < -0.3 is 4.90 Å². The van der Waals surface area contributed by atoms with Gasteiger partial charge >= 0.3 is 0 Å². The normalized spacial score (nSPS) is 15.5. The lowest BCUT2D eigenvalue weighted by atomic mass is 10.1. The molecule has 0 bridgehead atoms. The molecule has 0 aromatic heterocycles. The molecule has 1 fully saturated rings. The minimum atomic E-state index is 0.139. The molecule has 1 amide bonds. The van der Waals surface area contributed by atoms with Crippen LogP contribution in [0.4, 0.5) is 0 Å². The van der Waals surface area contributed by atoms with Crippen LogP contribution in [0.15, 0.2) is 78.9 Å². The first kappa shape index (κ1) is 17.5. The van der Waals surface area contributed by atoms with Crippen LogP contribution >= 0.6 is 0 Å². The molecule has 1 heterocycles. The molecule has 0 N–H and O–H groups in total. The second-order valence-electron chi connectivity index (χ2n) is 6.97. The minimum absolute atomic E-state index is 0.139. The number of carbonyl (C=O) groups is 1. The third kappa shape index (κ3) is 4.26. The van der Waals surface area contributed by atoms with Gasteiger partial charge in [0.15, 0.2) is 0 Å². The minimum Gasteiger partial charge on any atom is -0.336 e. The van der Waals surface area contributed by atoms with Crippen LogP contribution in [0.5, 0.6) is 0 Å². The smallest absolute Gasteiger partial charge is 0.253 e. The topological polar surface area (TPSA) is 23.6 Å². The summed E-state index contributed by atoms with van der Waals surface area (Å²) in [6.07, 6.45) is 4.36. The van der Waals surface area contributed by atoms with E-state index in [1.807, 2.05) is 41.3 Å². The van der Waals surface area contributed by atoms with E-state index >= 15 is 0 Å². The molecule has 0 unspecified atom stereocenters. The van der Waals surface area contributed by atoms with Gasteiger partial charge in [0.05, 0.1) is 0 Å². The van der Waals surface area contributed by atoms with Gasteiger partial charge in [-0.3, -0.25) is 9.69 Å². The average Bonchev–Trinajstić information content (AvgIpc) is 2.74. The fraction of sp³-hybridized carbons (Fsp3) is 0.208. The maximum atomic E-state index is 12.8. The van der Waals surface area contributed by atoms with Crippen LogP contribution < -0.4 is 0 Å². The van der Waals surface area contributed by atoms with Gasteiger partial charge in [-0.1, -0.05) is 72.8 Å². The summed E-state index contributed by atoms with van der Waals surface area (Å²) in [6, 6.07) is 24.5. The summed E-state index contributed by atoms with van der Waals surface area (Å²) < 4.78 is 0. The first-order valence-corrected chi connectivity index (χ1v) is 9.52. The zero-order valence-corrected chi connectivity index (χ0v) is 15.4. The van der Waals surface area contributed by atoms with E-state index in [4.69, 9.17) is 0 Å². The SMILES string of the molecule is O=C(c1ccc2ccccc2c1)N1CCN(CC=Cc2ccccc2)CC1. The van der Waals surface area contributed by atoms with Gasteiger partial charge in [-0.05, 0) is 28.5 Å². The van der Waals surface area contributed by atoms with Crippen LogP contribution in [0, 0.1) is 0 Å². The summed E-state index contributed by atoms with van der Waals surface area (Å²) in [5.41, 5.74) is 2.01. The molecule has 3 aromatic rings. The molecule has 4 rings (SSSR count). The summed E-state index contributed by atoms with van der Waals surface area (Å²) in [5, 5.41) is 2.29. The number of fused-ring (bicyclic) bond motifs is 1. The van der Waals surface area contributed by atoms with Crippen molar-refractivity contribution >= 4 is 22.8 Å². The Morgan fingerprint density at radius 2 is 1.52 bits per heavy atom. The molecule has 1 aliphatic heterocycles. The predicted molar refractivity (Wildman–Crippen MR) is 112 cm³/mol. The molecular weight excluding hydrogens is 332 g/mol. The molecule has 3 aromatic carbocycles. The van der Waals surface area contributed by atoms with Gasteiger partial charge in [0.1, 0.15) is 0 Å². The lowest BCUT2D eigenvalue weighted by Crippen LogP contribution is -2.48. The largest absolute Gasteiger partial charge is 0.336 e. The van der Waals surface area contributed by atoms with Crippen molar-refractivity contribution in [2.45, 2.75) is 0 Å². The van der Waals surface area contributed by atoms with Crippen LogP contribution in [0.1, 0.15) is 15.9 Å². The second kappa shape index (κ2) is 8.19. The molecule has 0 spiro atoms. The number of rotatable bonds is 4. The highest BCUT2D eigenvalue weighted by Gasteiger charge is 2.21. The lowest BCUT2D eigenvalue weighted by molar-refractivity contribution is 0.0650. The molecule has 0 atom stereocenters. The van der Waals surface area contributed by atoms with E-state index in [1.165, 1.54) is 10.9 Å². The zero-order valence-electron chi connectivity index (χ0n) is 15.4. The Bertz CT molecular complexity index is 941. The van der Waals surface area contributed by atoms with Crippen molar-refractivity contribution in [3.8, 4) is 0 Å². The van der Waals surface area contributed by atoms with Crippen molar-refractivity contribution in [3.05, 3.63) is 90.0 Å². The van der Waals surface area contributed by atoms with Crippen molar-refractivity contribution in [1.82, 2.24) is 9.80 Å². The van der Waals surface area contributed by atoms with Crippen molar-refractivity contribution in [2.24, 2.45) is 0 Å². The molecule has 1 aliphatic rings. The molecule has 27 heavy (non-hydrogen) atoms. The molecule has 1 saturated heterocycles. The van der Waals surface area contributed by atoms with E-state index in [2.05, 4.69) is 53.5 Å². The van der Waals surface area contributed by atoms with Gasteiger partial charge in [0.2, 0.25) is 0 Å². The van der Waals surface area contributed by atoms with Crippen LogP contribution in [0.2, 0.25) is 0 Å². The number of piperazine rings is 1. The molecule has 0 saturated carbocycles. The van der Waals surface area contributed by atoms with Gasteiger partial charge in [0.25, 0.3) is 5.91 Å². The van der Waals surface area contributed by atoms with Crippen LogP contribution in [-0.4, -0.2) is 48.4 Å². The Labute approximate surface area is 160 Å². The third-order valence-electron chi connectivity index (χ3n) is 5.13. The van der Waals surface area contributed by atoms with Gasteiger partial charge in [-0.2, -0.15) is 0 Å². The van der Waals surface area contributed by atoms with Gasteiger partial charge in [-0.25, -0.2) is 0 Å². The number of nitrogens with zero attached hydrogens (tertiary/aromatic N) is 2. The standard InChI is InChI=1S/C24H24N2O/c27-24(23-13-12-21-10-4-5-11-22(21)19-23)26-17-15-25(16-18-26)14-6-9-20-7-2-1-3-8-20/h1-13,19H,14-18H2. The third-order valence-corrected chi connectivity index (χ3v) is 5.13. The highest BCUT2D eigenvalue weighted by Crippen LogP contribution is 2.17. The fourth-order valence-corrected chi connectivity index (χ4v) is 3.54. The summed E-state index contributed by atoms with van der Waals surface area (Å²) in [5.74, 6) is 0.139. The Morgan fingerprint density at radius 3 is 2.30 bits per heavy atom. The maximum Gasteiger partial charge on any atom is 0.253 e. The van der Waals surface area contributed by atoms with E-state index in [-0.39, 0.29) is 5.91 Å². The second-order valence-corrected chi connectivity index (χ2v) is 6.97. The number of hydrogen-bond donors (Lipinski definition) is 0. The van der Waals surface area contributed by atoms with Crippen molar-refractivity contribution < 1.29 is 4.79 Å². The van der Waals surface area contributed by atoms with Crippen LogP contribution in [0.3, 0.4) is 0 Å². The lowest BCUT2D eigenvalue weighted by Gasteiger charge is -2.34. The Hall–Kier alpha value is -2.91. The van der Waals surface area contributed by atoms with E-state index in [0.29, 0.717) is 0 Å². The van der Waals surface area contributed by atoms with Crippen LogP contribution in [0.25, 0.3) is 16.8 Å². The molecule has 136 valence electrons. The molecule has 0 radical (unpaired) electrons. The summed E-state index contributed by atoms with van der Waals surface area (Å²) in [6.45, 7) is 4.32. The van der Waals surface area contributed by atoms with Crippen molar-refractivity contribution in [1.29, 1.82) is 0 Å². The predicted octanol–water partition coefficient (Wildman–Crippen LogP) is 4.31. The summed E-state index contributed by atoms with van der Waals surface area (Å²) in [4.78, 5) is 17.2. The molecular formula is C24H24N2O. The highest BCUT2D eigenvalue weighted by molar-refractivity contribution is 5.98. The first-order valence-electron chi connectivity index (χ1n) is 9.52. The summed E-state index contributed by atoms with van der Waals surface area (Å²) >= 11 is 0. The zero-order chi connectivity index (χ0) is 18.5. The summed E-state index contributed by atoms with van der Waals surface area (Å²) in [7, 11) is 0. The Kier molecular flexibility index (Phi) is 5.31. The number of hydrogen-bond acceptors (Lipinski definition) is 2. The van der Waals surface area contributed by atoms with E-state index < -0.39 is 0 Å². The maximum absolute atomic E-state index is 12.8. The Morgan fingerprint density at radius 1 is 0.815 bits per heavy atom. The molecule has 3 nitrogen and oxygen atoms in total. The van der Waals surface area contributed by atoms with E-state index in [1.54, 1.807) is 0 Å². The van der Waals surface area contributed by atoms with Crippen LogP contribution in [-0.2, 0) is 0 Å². The molecule has 0 aliphatic carbocycles. The first-order chi connectivity index (χ1) is 13.3. The number of amides is 1. The fourth-order valence-electron chi connectivity index (χ4n) is 3.54. The number of carbonyl (C=O) groups excluding carboxylic acids is 1. The number of benzene rings is 3. The van der Waals surface area contributed by atoms with Crippen molar-refractivity contribution in [3.63, 3.8) is 0 Å². The highest BCUT2D eigenvalue weighted by atomic mass is 16.2. The molecule has 3 heteroatoms. The quantitative estimate of drug-likeness (QED) is 0.695. The van der Waals surface area contributed by atoms with Gasteiger partial charge in [0, 0.05) is 38.3 Å². The van der Waals surface area contributed by atoms with Gasteiger partial charge in [-0.15, -0.1) is 0 Å². The van der Waals surface area contributed by atoms with E-state index in [0.717, 1.165) is 43.7 Å². The Balaban J connectivity index is 1.33. The van der Waals surface area contributed by atoms with E-state index in [9.17, 15) is 4.79 Å².